The highest BCUT2D eigenvalue weighted by molar-refractivity contribution is 5.98. The zero-order valence-corrected chi connectivity index (χ0v) is 13.5. The Morgan fingerprint density at radius 1 is 1.08 bits per heavy atom. The standard InChI is InChI=1S/C19H17N3O3/c23-18(21-25)14-5-6-15-11-22(8-7-12(15)9-14)19(24)17-10-13-3-1-2-4-16(13)20-17/h1-6,9-10,20,25H,7-8,11H2,(H,21,23). The molecule has 0 spiro atoms. The first kappa shape index (κ1) is 15.4. The number of hydrogen-bond donors (Lipinski definition) is 3. The quantitative estimate of drug-likeness (QED) is 0.497. The van der Waals surface area contributed by atoms with Crippen LogP contribution in [0.4, 0.5) is 0 Å². The van der Waals surface area contributed by atoms with Crippen molar-refractivity contribution in [3.8, 4) is 0 Å². The molecular weight excluding hydrogens is 318 g/mol. The highest BCUT2D eigenvalue weighted by Gasteiger charge is 2.23. The second-order valence-electron chi connectivity index (χ2n) is 6.17. The number of carbonyl (C=O) groups excluding carboxylic acids is 2. The van der Waals surface area contributed by atoms with Crippen LogP contribution in [0.15, 0.2) is 48.5 Å². The lowest BCUT2D eigenvalue weighted by atomic mass is 9.97. The molecule has 6 nitrogen and oxygen atoms in total. The van der Waals surface area contributed by atoms with Crippen LogP contribution in [0.3, 0.4) is 0 Å². The Bertz CT molecular complexity index is 944. The SMILES string of the molecule is O=C(NO)c1ccc2c(c1)CCN(C(=O)c1cc3ccccc3[nH]1)C2. The maximum atomic E-state index is 12.8. The van der Waals surface area contributed by atoms with Gasteiger partial charge in [0.25, 0.3) is 11.8 Å². The van der Waals surface area contributed by atoms with E-state index in [0.717, 1.165) is 22.0 Å². The molecule has 0 radical (unpaired) electrons. The van der Waals surface area contributed by atoms with E-state index in [2.05, 4.69) is 4.98 Å². The molecule has 0 saturated carbocycles. The van der Waals surface area contributed by atoms with Crippen LogP contribution in [0, 0.1) is 0 Å². The number of hydrogen-bond acceptors (Lipinski definition) is 3. The van der Waals surface area contributed by atoms with Gasteiger partial charge in [0, 0.05) is 29.6 Å². The molecule has 0 saturated heterocycles. The number of aromatic amines is 1. The van der Waals surface area contributed by atoms with Gasteiger partial charge in [0.1, 0.15) is 5.69 Å². The van der Waals surface area contributed by atoms with Gasteiger partial charge in [-0.25, -0.2) is 5.48 Å². The van der Waals surface area contributed by atoms with Gasteiger partial charge in [-0.05, 0) is 41.8 Å². The van der Waals surface area contributed by atoms with Gasteiger partial charge >= 0.3 is 0 Å². The summed E-state index contributed by atoms with van der Waals surface area (Å²) in [6.07, 6.45) is 0.674. The summed E-state index contributed by atoms with van der Waals surface area (Å²) in [5.41, 5.74) is 5.63. The van der Waals surface area contributed by atoms with Crippen molar-refractivity contribution in [1.29, 1.82) is 0 Å². The van der Waals surface area contributed by atoms with Crippen molar-refractivity contribution in [2.24, 2.45) is 0 Å². The fourth-order valence-electron chi connectivity index (χ4n) is 3.29. The zero-order chi connectivity index (χ0) is 17.4. The van der Waals surface area contributed by atoms with E-state index in [1.54, 1.807) is 22.5 Å². The van der Waals surface area contributed by atoms with Gasteiger partial charge in [-0.15, -0.1) is 0 Å². The minimum Gasteiger partial charge on any atom is -0.351 e. The first-order valence-electron chi connectivity index (χ1n) is 8.09. The fraction of sp³-hybridized carbons (Fsp3) is 0.158. The molecule has 0 aliphatic carbocycles. The number of H-pyrrole nitrogens is 1. The summed E-state index contributed by atoms with van der Waals surface area (Å²) in [7, 11) is 0. The fourth-order valence-corrected chi connectivity index (χ4v) is 3.29. The van der Waals surface area contributed by atoms with Crippen LogP contribution in [0.5, 0.6) is 0 Å². The van der Waals surface area contributed by atoms with Crippen LogP contribution in [0.25, 0.3) is 10.9 Å². The van der Waals surface area contributed by atoms with Crippen molar-refractivity contribution in [3.63, 3.8) is 0 Å². The van der Waals surface area contributed by atoms with E-state index in [9.17, 15) is 9.59 Å². The van der Waals surface area contributed by atoms with E-state index in [0.29, 0.717) is 30.8 Å². The number of nitrogens with zero attached hydrogens (tertiary/aromatic N) is 1. The van der Waals surface area contributed by atoms with Crippen molar-refractivity contribution < 1.29 is 14.8 Å². The molecule has 4 rings (SSSR count). The van der Waals surface area contributed by atoms with Crippen LogP contribution in [0.2, 0.25) is 0 Å². The summed E-state index contributed by atoms with van der Waals surface area (Å²) < 4.78 is 0. The molecule has 2 amide bonds. The Morgan fingerprint density at radius 2 is 1.92 bits per heavy atom. The minimum absolute atomic E-state index is 0.0287. The normalized spacial score (nSPS) is 13.6. The van der Waals surface area contributed by atoms with Gasteiger partial charge in [-0.2, -0.15) is 0 Å². The number of nitrogens with one attached hydrogen (secondary N) is 2. The average molecular weight is 335 g/mol. The molecule has 1 aliphatic rings. The first-order valence-corrected chi connectivity index (χ1v) is 8.09. The van der Waals surface area contributed by atoms with Crippen LogP contribution in [0.1, 0.15) is 32.0 Å². The first-order chi connectivity index (χ1) is 12.2. The topological polar surface area (TPSA) is 85.4 Å². The molecule has 2 aromatic carbocycles. The predicted octanol–water partition coefficient (Wildman–Crippen LogP) is 2.49. The largest absolute Gasteiger partial charge is 0.351 e. The van der Waals surface area contributed by atoms with Crippen LogP contribution >= 0.6 is 0 Å². The van der Waals surface area contributed by atoms with E-state index >= 15 is 0 Å². The highest BCUT2D eigenvalue weighted by Crippen LogP contribution is 2.23. The molecule has 0 atom stereocenters. The number of aromatic nitrogens is 1. The smallest absolute Gasteiger partial charge is 0.274 e. The van der Waals surface area contributed by atoms with Gasteiger partial charge in [-0.3, -0.25) is 14.8 Å². The third kappa shape index (κ3) is 2.77. The zero-order valence-electron chi connectivity index (χ0n) is 13.5. The summed E-state index contributed by atoms with van der Waals surface area (Å²) in [5.74, 6) is -0.557. The maximum absolute atomic E-state index is 12.8. The molecule has 0 unspecified atom stereocenters. The average Bonchev–Trinajstić information content (AvgIpc) is 3.10. The lowest BCUT2D eigenvalue weighted by Crippen LogP contribution is -2.36. The van der Waals surface area contributed by atoms with E-state index in [4.69, 9.17) is 5.21 Å². The Balaban J connectivity index is 1.57. The monoisotopic (exact) mass is 335 g/mol. The molecule has 1 aliphatic heterocycles. The highest BCUT2D eigenvalue weighted by atomic mass is 16.5. The molecule has 3 aromatic rings. The molecule has 126 valence electrons. The molecule has 0 fully saturated rings. The van der Waals surface area contributed by atoms with Crippen molar-refractivity contribution in [2.75, 3.05) is 6.54 Å². The van der Waals surface area contributed by atoms with Crippen molar-refractivity contribution in [3.05, 3.63) is 70.9 Å². The summed E-state index contributed by atoms with van der Waals surface area (Å²) in [5, 5.41) is 9.75. The molecule has 25 heavy (non-hydrogen) atoms. The van der Waals surface area contributed by atoms with Gasteiger partial charge in [0.15, 0.2) is 0 Å². The van der Waals surface area contributed by atoms with E-state index in [1.807, 2.05) is 36.4 Å². The lowest BCUT2D eigenvalue weighted by Gasteiger charge is -2.28. The Hall–Kier alpha value is -3.12. The molecule has 1 aromatic heterocycles. The third-order valence-corrected chi connectivity index (χ3v) is 4.63. The summed E-state index contributed by atoms with van der Waals surface area (Å²) in [6, 6.07) is 14.9. The lowest BCUT2D eigenvalue weighted by molar-refractivity contribution is 0.0702. The maximum Gasteiger partial charge on any atom is 0.274 e. The number of fused-ring (bicyclic) bond motifs is 2. The third-order valence-electron chi connectivity index (χ3n) is 4.63. The van der Waals surface area contributed by atoms with Gasteiger partial charge in [0.05, 0.1) is 0 Å². The van der Waals surface area contributed by atoms with E-state index in [1.165, 1.54) is 0 Å². The summed E-state index contributed by atoms with van der Waals surface area (Å²) in [4.78, 5) is 29.3. The van der Waals surface area contributed by atoms with E-state index < -0.39 is 5.91 Å². The number of benzene rings is 2. The Kier molecular flexibility index (Phi) is 3.74. The molecular formula is C19H17N3O3. The second-order valence-corrected chi connectivity index (χ2v) is 6.17. The Morgan fingerprint density at radius 3 is 2.72 bits per heavy atom. The number of hydroxylamine groups is 1. The van der Waals surface area contributed by atoms with Crippen molar-refractivity contribution >= 4 is 22.7 Å². The number of carbonyl (C=O) groups is 2. The van der Waals surface area contributed by atoms with Crippen LogP contribution in [-0.2, 0) is 13.0 Å². The summed E-state index contributed by atoms with van der Waals surface area (Å²) in [6.45, 7) is 1.09. The number of rotatable bonds is 2. The van der Waals surface area contributed by atoms with Crippen molar-refractivity contribution in [1.82, 2.24) is 15.4 Å². The molecule has 2 heterocycles. The number of para-hydroxylation sites is 1. The number of amides is 2. The second kappa shape index (κ2) is 6.07. The van der Waals surface area contributed by atoms with Gasteiger partial charge in [-0.1, -0.05) is 24.3 Å². The summed E-state index contributed by atoms with van der Waals surface area (Å²) >= 11 is 0. The van der Waals surface area contributed by atoms with Crippen LogP contribution in [-0.4, -0.2) is 33.5 Å². The minimum atomic E-state index is -0.528. The van der Waals surface area contributed by atoms with Gasteiger partial charge < -0.3 is 9.88 Å². The molecule has 0 bridgehead atoms. The molecule has 6 heteroatoms. The Labute approximate surface area is 144 Å². The predicted molar refractivity (Wildman–Crippen MR) is 92.4 cm³/mol. The van der Waals surface area contributed by atoms with Gasteiger partial charge in [0.2, 0.25) is 0 Å². The molecule has 3 N–H and O–H groups in total. The van der Waals surface area contributed by atoms with Crippen molar-refractivity contribution in [2.45, 2.75) is 13.0 Å². The van der Waals surface area contributed by atoms with Crippen LogP contribution < -0.4 is 5.48 Å². The van der Waals surface area contributed by atoms with E-state index in [-0.39, 0.29) is 5.91 Å².